The molecule has 0 aliphatic carbocycles. The highest BCUT2D eigenvalue weighted by atomic mass is 16.6. The van der Waals surface area contributed by atoms with Gasteiger partial charge in [-0.25, -0.2) is 0 Å². The Kier molecular flexibility index (Phi) is 2.88. The van der Waals surface area contributed by atoms with E-state index in [1.165, 1.54) is 6.20 Å². The summed E-state index contributed by atoms with van der Waals surface area (Å²) in [7, 11) is 0. The van der Waals surface area contributed by atoms with Gasteiger partial charge in [0, 0.05) is 13.0 Å². The molecule has 0 saturated carbocycles. The van der Waals surface area contributed by atoms with Crippen LogP contribution in [0.15, 0.2) is 6.20 Å². The zero-order valence-electron chi connectivity index (χ0n) is 8.77. The number of nitro groups is 1. The highest BCUT2D eigenvalue weighted by molar-refractivity contribution is 5.31. The summed E-state index contributed by atoms with van der Waals surface area (Å²) in [5, 5.41) is 29.9. The molecule has 1 aliphatic heterocycles. The van der Waals surface area contributed by atoms with Crippen LogP contribution in [0.3, 0.4) is 0 Å². The van der Waals surface area contributed by atoms with Gasteiger partial charge in [-0.1, -0.05) is 5.10 Å². The van der Waals surface area contributed by atoms with Crippen molar-refractivity contribution in [2.45, 2.75) is 24.9 Å². The van der Waals surface area contributed by atoms with Gasteiger partial charge in [-0.2, -0.15) is 0 Å². The smallest absolute Gasteiger partial charge is 0.345 e. The van der Waals surface area contributed by atoms with Crippen molar-refractivity contribution < 1.29 is 10.0 Å². The van der Waals surface area contributed by atoms with Crippen LogP contribution in [-0.2, 0) is 6.42 Å². The van der Waals surface area contributed by atoms with E-state index in [9.17, 15) is 15.2 Å². The maximum absolute atomic E-state index is 10.7. The fraction of sp³-hybridized carbons (Fsp3) is 0.667. The number of H-pyrrole nitrogens is 1. The summed E-state index contributed by atoms with van der Waals surface area (Å²) in [6, 6.07) is 0. The molecule has 2 heterocycles. The van der Waals surface area contributed by atoms with E-state index in [-0.39, 0.29) is 12.2 Å². The van der Waals surface area contributed by atoms with E-state index in [1.807, 2.05) is 0 Å². The third-order valence-corrected chi connectivity index (χ3v) is 2.85. The number of aromatic amines is 1. The molecule has 1 saturated heterocycles. The summed E-state index contributed by atoms with van der Waals surface area (Å²) in [5.41, 5.74) is -0.441. The van der Waals surface area contributed by atoms with Crippen molar-refractivity contribution in [2.24, 2.45) is 0 Å². The number of nitrogens with zero attached hydrogens (tertiary/aromatic N) is 2. The van der Waals surface area contributed by atoms with Crippen LogP contribution in [0.1, 0.15) is 18.4 Å². The second kappa shape index (κ2) is 4.18. The lowest BCUT2D eigenvalue weighted by Crippen LogP contribution is -2.47. The fourth-order valence-electron chi connectivity index (χ4n) is 2.05. The van der Waals surface area contributed by atoms with Gasteiger partial charge in [0.1, 0.15) is 0 Å². The standard InChI is InChI=1S/C9H14N4O3/c14-9(2-1-3-10-6-9)4-7-5-11-12-8(7)13(15)16/h5,10,14H,1-4,6H2,(H,11,12). The first-order valence-corrected chi connectivity index (χ1v) is 5.20. The lowest BCUT2D eigenvalue weighted by molar-refractivity contribution is -0.390. The lowest BCUT2D eigenvalue weighted by Gasteiger charge is -2.32. The molecule has 16 heavy (non-hydrogen) atoms. The molecular weight excluding hydrogens is 212 g/mol. The van der Waals surface area contributed by atoms with Gasteiger partial charge in [-0.05, 0) is 24.3 Å². The van der Waals surface area contributed by atoms with Gasteiger partial charge < -0.3 is 20.5 Å². The van der Waals surface area contributed by atoms with E-state index in [1.54, 1.807) is 0 Å². The van der Waals surface area contributed by atoms with Crippen molar-refractivity contribution in [1.29, 1.82) is 0 Å². The first kappa shape index (κ1) is 11.0. The first-order valence-electron chi connectivity index (χ1n) is 5.20. The van der Waals surface area contributed by atoms with Gasteiger partial charge in [0.25, 0.3) is 0 Å². The number of β-amino-alcohol motifs (C(OH)–C–C–N with tert-alkyl or cyclic N) is 1. The second-order valence-corrected chi connectivity index (χ2v) is 4.18. The van der Waals surface area contributed by atoms with Crippen LogP contribution >= 0.6 is 0 Å². The Morgan fingerprint density at radius 3 is 3.12 bits per heavy atom. The Labute approximate surface area is 92.0 Å². The van der Waals surface area contributed by atoms with Gasteiger partial charge in [0.05, 0.1) is 17.4 Å². The maximum Gasteiger partial charge on any atom is 0.345 e. The van der Waals surface area contributed by atoms with Gasteiger partial charge in [-0.15, -0.1) is 5.10 Å². The normalized spacial score (nSPS) is 25.6. The van der Waals surface area contributed by atoms with Crippen LogP contribution in [0.5, 0.6) is 0 Å². The van der Waals surface area contributed by atoms with Crippen LogP contribution < -0.4 is 5.32 Å². The summed E-state index contributed by atoms with van der Waals surface area (Å²) in [6.45, 7) is 1.35. The molecule has 1 unspecified atom stereocenters. The van der Waals surface area contributed by atoms with E-state index in [2.05, 4.69) is 15.5 Å². The maximum atomic E-state index is 10.7. The van der Waals surface area contributed by atoms with E-state index < -0.39 is 10.5 Å². The number of hydrogen-bond acceptors (Lipinski definition) is 5. The molecule has 7 nitrogen and oxygen atoms in total. The summed E-state index contributed by atoms with van der Waals surface area (Å²) < 4.78 is 0. The highest BCUT2D eigenvalue weighted by Crippen LogP contribution is 2.25. The average molecular weight is 226 g/mol. The summed E-state index contributed by atoms with van der Waals surface area (Å²) in [5.74, 6) is -0.126. The Bertz CT molecular complexity index is 384. The molecule has 1 fully saturated rings. The zero-order valence-corrected chi connectivity index (χ0v) is 8.77. The van der Waals surface area contributed by atoms with Gasteiger partial charge in [0.15, 0.2) is 0 Å². The van der Waals surface area contributed by atoms with Crippen molar-refractivity contribution in [3.8, 4) is 0 Å². The molecule has 1 atom stereocenters. The fourth-order valence-corrected chi connectivity index (χ4v) is 2.05. The number of hydrogen-bond donors (Lipinski definition) is 3. The molecule has 3 N–H and O–H groups in total. The Morgan fingerprint density at radius 2 is 2.50 bits per heavy atom. The molecule has 2 rings (SSSR count). The number of aromatic nitrogens is 2. The number of nitrogens with one attached hydrogen (secondary N) is 2. The van der Waals surface area contributed by atoms with Crippen LogP contribution in [0.25, 0.3) is 0 Å². The summed E-state index contributed by atoms with van der Waals surface area (Å²) >= 11 is 0. The van der Waals surface area contributed by atoms with Crippen LogP contribution in [0, 0.1) is 10.1 Å². The van der Waals surface area contributed by atoms with Crippen LogP contribution in [-0.4, -0.2) is 38.9 Å². The molecule has 0 bridgehead atoms. The minimum atomic E-state index is -0.896. The Hall–Kier alpha value is -1.47. The van der Waals surface area contributed by atoms with Crippen molar-refractivity contribution in [1.82, 2.24) is 15.5 Å². The number of aliphatic hydroxyl groups is 1. The third-order valence-electron chi connectivity index (χ3n) is 2.85. The topological polar surface area (TPSA) is 104 Å². The Morgan fingerprint density at radius 1 is 1.69 bits per heavy atom. The SMILES string of the molecule is O=[N+]([O-])c1[nH]ncc1CC1(O)CCCNC1. The van der Waals surface area contributed by atoms with Crippen molar-refractivity contribution in [3.05, 3.63) is 21.9 Å². The Balaban J connectivity index is 2.13. The predicted octanol–water partition coefficient (Wildman–Crippen LogP) is -0.0251. The number of rotatable bonds is 3. The molecule has 1 aromatic heterocycles. The zero-order chi connectivity index (χ0) is 11.6. The highest BCUT2D eigenvalue weighted by Gasteiger charge is 2.32. The molecule has 0 spiro atoms. The minimum Gasteiger partial charge on any atom is -0.388 e. The van der Waals surface area contributed by atoms with Gasteiger partial charge >= 0.3 is 5.82 Å². The molecule has 1 aromatic rings. The van der Waals surface area contributed by atoms with Gasteiger partial charge in [0.2, 0.25) is 0 Å². The summed E-state index contributed by atoms with van der Waals surface area (Å²) in [4.78, 5) is 10.2. The van der Waals surface area contributed by atoms with Crippen LogP contribution in [0.4, 0.5) is 5.82 Å². The lowest BCUT2D eigenvalue weighted by atomic mass is 9.88. The second-order valence-electron chi connectivity index (χ2n) is 4.18. The summed E-state index contributed by atoms with van der Waals surface area (Å²) in [6.07, 6.45) is 3.20. The quantitative estimate of drug-likeness (QED) is 0.496. The monoisotopic (exact) mass is 226 g/mol. The molecule has 0 amide bonds. The van der Waals surface area contributed by atoms with E-state index in [0.29, 0.717) is 18.5 Å². The first-order chi connectivity index (χ1) is 7.61. The molecule has 7 heteroatoms. The molecule has 1 aliphatic rings. The van der Waals surface area contributed by atoms with Crippen molar-refractivity contribution in [3.63, 3.8) is 0 Å². The average Bonchev–Trinajstić information content (AvgIpc) is 2.66. The molecule has 0 aromatic carbocycles. The van der Waals surface area contributed by atoms with Crippen molar-refractivity contribution in [2.75, 3.05) is 13.1 Å². The predicted molar refractivity (Wildman–Crippen MR) is 56.0 cm³/mol. The largest absolute Gasteiger partial charge is 0.388 e. The van der Waals surface area contributed by atoms with Crippen molar-refractivity contribution >= 4 is 5.82 Å². The van der Waals surface area contributed by atoms with E-state index >= 15 is 0 Å². The molecule has 0 radical (unpaired) electrons. The minimum absolute atomic E-state index is 0.126. The van der Waals surface area contributed by atoms with E-state index in [4.69, 9.17) is 0 Å². The number of piperidine rings is 1. The third kappa shape index (κ3) is 2.20. The van der Waals surface area contributed by atoms with E-state index in [0.717, 1.165) is 13.0 Å². The van der Waals surface area contributed by atoms with Crippen LogP contribution in [0.2, 0.25) is 0 Å². The van der Waals surface area contributed by atoms with Gasteiger partial charge in [-0.3, -0.25) is 0 Å². The molecule has 88 valence electrons. The molecular formula is C9H14N4O3.